The Morgan fingerprint density at radius 1 is 1.18 bits per heavy atom. The van der Waals surface area contributed by atoms with Crippen LogP contribution in [0.15, 0.2) is 12.3 Å². The Kier molecular flexibility index (Phi) is 3.51. The molecule has 0 aliphatic rings. The summed E-state index contributed by atoms with van der Waals surface area (Å²) in [7, 11) is 0. The third-order valence-corrected chi connectivity index (χ3v) is 1.21. The zero-order chi connectivity index (χ0) is 8.91. The summed E-state index contributed by atoms with van der Waals surface area (Å²) >= 11 is 0. The standard InChI is InChI=1S/C8H13NO2/c1-8(2,3)9(7-11)5-4-6-10/h4-7H,1-3H3/b5-4+. The van der Waals surface area contributed by atoms with Crippen molar-refractivity contribution in [3.05, 3.63) is 12.3 Å². The van der Waals surface area contributed by atoms with E-state index in [1.807, 2.05) is 20.8 Å². The molecule has 0 rings (SSSR count). The van der Waals surface area contributed by atoms with Gasteiger partial charge in [-0.2, -0.15) is 0 Å². The first-order chi connectivity index (χ1) is 5.02. The van der Waals surface area contributed by atoms with Crippen molar-refractivity contribution in [3.63, 3.8) is 0 Å². The van der Waals surface area contributed by atoms with Gasteiger partial charge in [0.15, 0.2) is 0 Å². The zero-order valence-electron chi connectivity index (χ0n) is 7.07. The summed E-state index contributed by atoms with van der Waals surface area (Å²) < 4.78 is 0. The maximum Gasteiger partial charge on any atom is 0.214 e. The van der Waals surface area contributed by atoms with Gasteiger partial charge in [-0.15, -0.1) is 0 Å². The fourth-order valence-corrected chi connectivity index (χ4v) is 0.545. The normalized spacial score (nSPS) is 11.5. The molecule has 0 aromatic rings. The smallest absolute Gasteiger partial charge is 0.214 e. The lowest BCUT2D eigenvalue weighted by Gasteiger charge is -2.28. The van der Waals surface area contributed by atoms with Crippen LogP contribution in [0.4, 0.5) is 0 Å². The van der Waals surface area contributed by atoms with E-state index in [2.05, 4.69) is 0 Å². The first kappa shape index (κ1) is 9.88. The molecule has 0 radical (unpaired) electrons. The van der Waals surface area contributed by atoms with Crippen molar-refractivity contribution >= 4 is 12.7 Å². The van der Waals surface area contributed by atoms with E-state index < -0.39 is 0 Å². The van der Waals surface area contributed by atoms with Crippen LogP contribution in [0.3, 0.4) is 0 Å². The minimum Gasteiger partial charge on any atom is -0.316 e. The third-order valence-electron chi connectivity index (χ3n) is 1.21. The van der Waals surface area contributed by atoms with Gasteiger partial charge in [-0.25, -0.2) is 0 Å². The number of hydrogen-bond donors (Lipinski definition) is 0. The van der Waals surface area contributed by atoms with Gasteiger partial charge in [-0.05, 0) is 26.8 Å². The molecule has 0 aliphatic carbocycles. The lowest BCUT2D eigenvalue weighted by atomic mass is 10.1. The Morgan fingerprint density at radius 3 is 2.00 bits per heavy atom. The predicted molar refractivity (Wildman–Crippen MR) is 42.9 cm³/mol. The van der Waals surface area contributed by atoms with Crippen molar-refractivity contribution in [2.75, 3.05) is 0 Å². The van der Waals surface area contributed by atoms with Gasteiger partial charge in [0.2, 0.25) is 6.41 Å². The second kappa shape index (κ2) is 3.91. The molecule has 0 aromatic heterocycles. The molecule has 11 heavy (non-hydrogen) atoms. The third kappa shape index (κ3) is 3.55. The molecule has 3 heteroatoms. The Hall–Kier alpha value is -1.12. The van der Waals surface area contributed by atoms with Crippen molar-refractivity contribution in [1.29, 1.82) is 0 Å². The lowest BCUT2D eigenvalue weighted by molar-refractivity contribution is -0.119. The van der Waals surface area contributed by atoms with Crippen LogP contribution in [-0.2, 0) is 9.59 Å². The molecular formula is C8H13NO2. The summed E-state index contributed by atoms with van der Waals surface area (Å²) in [5.41, 5.74) is -0.263. The van der Waals surface area contributed by atoms with Gasteiger partial charge < -0.3 is 4.90 Å². The molecule has 0 atom stereocenters. The fourth-order valence-electron chi connectivity index (χ4n) is 0.545. The van der Waals surface area contributed by atoms with Gasteiger partial charge in [0.25, 0.3) is 0 Å². The molecule has 0 saturated heterocycles. The van der Waals surface area contributed by atoms with Crippen LogP contribution in [0.5, 0.6) is 0 Å². The summed E-state index contributed by atoms with van der Waals surface area (Å²) in [5.74, 6) is 0. The molecular weight excluding hydrogens is 142 g/mol. The topological polar surface area (TPSA) is 37.4 Å². The second-order valence-electron chi connectivity index (χ2n) is 3.16. The molecule has 0 spiro atoms. The molecule has 0 heterocycles. The number of rotatable bonds is 3. The largest absolute Gasteiger partial charge is 0.316 e. The van der Waals surface area contributed by atoms with Crippen LogP contribution in [0.25, 0.3) is 0 Å². The fraction of sp³-hybridized carbons (Fsp3) is 0.500. The van der Waals surface area contributed by atoms with Crippen LogP contribution in [-0.4, -0.2) is 23.1 Å². The van der Waals surface area contributed by atoms with E-state index in [-0.39, 0.29) is 5.54 Å². The highest BCUT2D eigenvalue weighted by Crippen LogP contribution is 2.10. The summed E-state index contributed by atoms with van der Waals surface area (Å²) in [6.45, 7) is 5.66. The van der Waals surface area contributed by atoms with E-state index in [0.717, 1.165) is 0 Å². The molecule has 0 saturated carbocycles. The minimum atomic E-state index is -0.263. The van der Waals surface area contributed by atoms with Crippen molar-refractivity contribution < 1.29 is 9.59 Å². The number of carbonyl (C=O) groups excluding carboxylic acids is 2. The quantitative estimate of drug-likeness (QED) is 0.449. The molecule has 62 valence electrons. The van der Waals surface area contributed by atoms with Crippen LogP contribution in [0.1, 0.15) is 20.8 Å². The van der Waals surface area contributed by atoms with Gasteiger partial charge >= 0.3 is 0 Å². The number of allylic oxidation sites excluding steroid dienone is 1. The van der Waals surface area contributed by atoms with Crippen LogP contribution >= 0.6 is 0 Å². The number of nitrogens with zero attached hydrogens (tertiary/aromatic N) is 1. The highest BCUT2D eigenvalue weighted by Gasteiger charge is 2.16. The number of hydrogen-bond acceptors (Lipinski definition) is 2. The number of carbonyl (C=O) groups is 2. The Morgan fingerprint density at radius 2 is 1.73 bits per heavy atom. The molecule has 0 N–H and O–H groups in total. The van der Waals surface area contributed by atoms with E-state index in [1.165, 1.54) is 17.2 Å². The van der Waals surface area contributed by atoms with Crippen molar-refractivity contribution in [2.45, 2.75) is 26.3 Å². The summed E-state index contributed by atoms with van der Waals surface area (Å²) in [6, 6.07) is 0. The van der Waals surface area contributed by atoms with Crippen LogP contribution in [0.2, 0.25) is 0 Å². The minimum absolute atomic E-state index is 0.263. The van der Waals surface area contributed by atoms with E-state index in [9.17, 15) is 9.59 Å². The highest BCUT2D eigenvalue weighted by molar-refractivity contribution is 5.65. The Bertz CT molecular complexity index is 167. The number of aldehydes is 1. The molecule has 0 fully saturated rings. The van der Waals surface area contributed by atoms with E-state index >= 15 is 0 Å². The second-order valence-corrected chi connectivity index (χ2v) is 3.16. The van der Waals surface area contributed by atoms with Gasteiger partial charge in [-0.3, -0.25) is 9.59 Å². The highest BCUT2D eigenvalue weighted by atomic mass is 16.1. The first-order valence-corrected chi connectivity index (χ1v) is 3.38. The van der Waals surface area contributed by atoms with Gasteiger partial charge in [0.1, 0.15) is 6.29 Å². The summed E-state index contributed by atoms with van der Waals surface area (Å²) in [6.07, 6.45) is 4.09. The van der Waals surface area contributed by atoms with Crippen LogP contribution < -0.4 is 0 Å². The molecule has 0 bridgehead atoms. The van der Waals surface area contributed by atoms with Crippen LogP contribution in [0, 0.1) is 0 Å². The van der Waals surface area contributed by atoms with Crippen molar-refractivity contribution in [3.8, 4) is 0 Å². The zero-order valence-corrected chi connectivity index (χ0v) is 7.07. The lowest BCUT2D eigenvalue weighted by Crippen LogP contribution is -2.35. The predicted octanol–water partition coefficient (Wildman–Crippen LogP) is 0.956. The van der Waals surface area contributed by atoms with E-state index in [1.54, 1.807) is 0 Å². The monoisotopic (exact) mass is 155 g/mol. The molecule has 0 aromatic carbocycles. The van der Waals surface area contributed by atoms with E-state index in [0.29, 0.717) is 12.7 Å². The summed E-state index contributed by atoms with van der Waals surface area (Å²) in [5, 5.41) is 0. The maximum atomic E-state index is 10.4. The number of amides is 1. The van der Waals surface area contributed by atoms with Gasteiger partial charge in [-0.1, -0.05) is 0 Å². The van der Waals surface area contributed by atoms with E-state index in [4.69, 9.17) is 0 Å². The molecule has 3 nitrogen and oxygen atoms in total. The van der Waals surface area contributed by atoms with Gasteiger partial charge in [0.05, 0.1) is 0 Å². The SMILES string of the molecule is CC(C)(C)N(C=O)/C=C/C=O. The Labute approximate surface area is 66.7 Å². The van der Waals surface area contributed by atoms with Gasteiger partial charge in [0, 0.05) is 11.7 Å². The molecule has 0 unspecified atom stereocenters. The molecule has 1 amide bonds. The Balaban J connectivity index is 4.29. The summed E-state index contributed by atoms with van der Waals surface area (Å²) in [4.78, 5) is 21.8. The maximum absolute atomic E-state index is 10.4. The molecule has 0 aliphatic heterocycles. The average Bonchev–Trinajstić information content (AvgIpc) is 1.87. The first-order valence-electron chi connectivity index (χ1n) is 3.38. The average molecular weight is 155 g/mol. The van der Waals surface area contributed by atoms with Crippen molar-refractivity contribution in [2.24, 2.45) is 0 Å². The van der Waals surface area contributed by atoms with Crippen molar-refractivity contribution in [1.82, 2.24) is 4.90 Å².